The lowest BCUT2D eigenvalue weighted by Crippen LogP contribution is -2.41. The quantitative estimate of drug-likeness (QED) is 0.405. The summed E-state index contributed by atoms with van der Waals surface area (Å²) in [6.07, 6.45) is 6.74. The Morgan fingerprint density at radius 3 is 2.59 bits per heavy atom. The number of nitrogens with zero attached hydrogens (tertiary/aromatic N) is 6. The van der Waals surface area contributed by atoms with Gasteiger partial charge in [-0.25, -0.2) is 14.8 Å². The number of pyridine rings is 1. The monoisotopic (exact) mass is 538 g/mol. The van der Waals surface area contributed by atoms with Crippen molar-refractivity contribution < 1.29 is 14.3 Å². The van der Waals surface area contributed by atoms with Crippen LogP contribution in [-0.2, 0) is 33.8 Å². The van der Waals surface area contributed by atoms with Gasteiger partial charge in [0.05, 0.1) is 11.3 Å². The average molecular weight is 539 g/mol. The molecule has 2 aromatic heterocycles. The summed E-state index contributed by atoms with van der Waals surface area (Å²) in [6.45, 7) is 6.22. The van der Waals surface area contributed by atoms with Gasteiger partial charge in [-0.05, 0) is 37.8 Å². The van der Waals surface area contributed by atoms with Gasteiger partial charge in [-0.1, -0.05) is 13.3 Å². The number of methoxy groups -OCH3 is 1. The maximum atomic E-state index is 13.2. The van der Waals surface area contributed by atoms with Crippen LogP contribution < -0.4 is 16.1 Å². The number of likely N-dealkylation sites (tertiary alicyclic amines) is 1. The first-order valence-corrected chi connectivity index (χ1v) is 13.8. The number of aromatic nitrogens is 3. The molecule has 2 aromatic rings. The summed E-state index contributed by atoms with van der Waals surface area (Å²) in [5.74, 6) is 0.878. The third-order valence-corrected chi connectivity index (χ3v) is 7.26. The number of fused-ring (bicyclic) bond motifs is 1. The van der Waals surface area contributed by atoms with E-state index in [0.29, 0.717) is 87.9 Å². The van der Waals surface area contributed by atoms with E-state index in [1.165, 1.54) is 11.5 Å². The van der Waals surface area contributed by atoms with Crippen molar-refractivity contribution in [3.8, 4) is 0 Å². The number of hydrogen-bond acceptors (Lipinski definition) is 7. The minimum atomic E-state index is -0.352. The van der Waals surface area contributed by atoms with Crippen molar-refractivity contribution >= 4 is 29.2 Å². The second-order valence-corrected chi connectivity index (χ2v) is 10.0. The number of carbonyl (C=O) groups is 2. The summed E-state index contributed by atoms with van der Waals surface area (Å²) in [6, 6.07) is 3.59. The van der Waals surface area contributed by atoms with Crippen molar-refractivity contribution in [3.63, 3.8) is 0 Å². The molecule has 0 unspecified atom stereocenters. The highest BCUT2D eigenvalue weighted by Gasteiger charge is 2.26. The van der Waals surface area contributed by atoms with Crippen molar-refractivity contribution in [2.75, 3.05) is 38.3 Å². The van der Waals surface area contributed by atoms with Crippen LogP contribution in [0.25, 0.3) is 0 Å². The molecule has 0 spiro atoms. The van der Waals surface area contributed by atoms with Gasteiger partial charge in [0.25, 0.3) is 5.56 Å². The third-order valence-electron chi connectivity index (χ3n) is 7.26. The van der Waals surface area contributed by atoms with Crippen molar-refractivity contribution in [2.45, 2.75) is 71.9 Å². The Hall–Kier alpha value is -3.60. The molecule has 4 rings (SSSR count). The highest BCUT2D eigenvalue weighted by molar-refractivity contribution is 6.06. The number of anilines is 1. The molecule has 0 aromatic carbocycles. The van der Waals surface area contributed by atoms with Gasteiger partial charge >= 0.3 is 5.69 Å². The topological polar surface area (TPSA) is 119 Å². The Morgan fingerprint density at radius 2 is 1.90 bits per heavy atom. The fraction of sp³-hybridized carbons (Fsp3) is 0.571. The van der Waals surface area contributed by atoms with Gasteiger partial charge in [0.15, 0.2) is 0 Å². The van der Waals surface area contributed by atoms with E-state index in [-0.39, 0.29) is 23.1 Å². The summed E-state index contributed by atoms with van der Waals surface area (Å²) >= 11 is 0. The largest absolute Gasteiger partial charge is 0.385 e. The summed E-state index contributed by atoms with van der Waals surface area (Å²) in [4.78, 5) is 63.7. The first-order valence-electron chi connectivity index (χ1n) is 13.8. The molecule has 1 saturated heterocycles. The lowest BCUT2D eigenvalue weighted by atomic mass is 10.1. The molecule has 0 aliphatic carbocycles. The van der Waals surface area contributed by atoms with E-state index >= 15 is 0 Å². The second kappa shape index (κ2) is 13.0. The first kappa shape index (κ1) is 28.4. The molecule has 0 N–H and O–H groups in total. The summed E-state index contributed by atoms with van der Waals surface area (Å²) in [7, 11) is 1.61. The Morgan fingerprint density at radius 1 is 1.08 bits per heavy atom. The van der Waals surface area contributed by atoms with E-state index in [1.807, 2.05) is 17.9 Å². The molecule has 11 heteroatoms. The number of rotatable bonds is 11. The zero-order valence-electron chi connectivity index (χ0n) is 23.1. The fourth-order valence-corrected chi connectivity index (χ4v) is 5.16. The van der Waals surface area contributed by atoms with Gasteiger partial charge in [0, 0.05) is 78.0 Å². The van der Waals surface area contributed by atoms with Crippen LogP contribution >= 0.6 is 0 Å². The van der Waals surface area contributed by atoms with E-state index < -0.39 is 0 Å². The lowest BCUT2D eigenvalue weighted by Gasteiger charge is -2.26. The normalized spacial score (nSPS) is 15.2. The Bertz CT molecular complexity index is 1340. The van der Waals surface area contributed by atoms with E-state index in [0.717, 1.165) is 24.8 Å². The molecule has 0 atom stereocenters. The minimum Gasteiger partial charge on any atom is -0.385 e. The maximum absolute atomic E-state index is 13.2. The Balaban J connectivity index is 1.56. The minimum absolute atomic E-state index is 0.136. The van der Waals surface area contributed by atoms with Gasteiger partial charge in [0.1, 0.15) is 11.6 Å². The number of hydrogen-bond donors (Lipinski definition) is 0. The van der Waals surface area contributed by atoms with Crippen LogP contribution in [0.1, 0.15) is 63.5 Å². The summed E-state index contributed by atoms with van der Waals surface area (Å²) in [5.41, 5.74) is 1.23. The van der Waals surface area contributed by atoms with Gasteiger partial charge in [-0.3, -0.25) is 28.4 Å². The zero-order valence-corrected chi connectivity index (χ0v) is 23.1. The average Bonchev–Trinajstić information content (AvgIpc) is 3.27. The van der Waals surface area contributed by atoms with E-state index in [4.69, 9.17) is 9.73 Å². The molecule has 2 aliphatic heterocycles. The van der Waals surface area contributed by atoms with E-state index in [2.05, 4.69) is 4.98 Å². The number of ether oxygens (including phenoxy) is 1. The van der Waals surface area contributed by atoms with Crippen LogP contribution in [0.3, 0.4) is 0 Å². The predicted octanol–water partition coefficient (Wildman–Crippen LogP) is 2.28. The van der Waals surface area contributed by atoms with Crippen LogP contribution in [0.15, 0.2) is 32.9 Å². The predicted molar refractivity (Wildman–Crippen MR) is 149 cm³/mol. The molecule has 1 fully saturated rings. The standard InChI is InChI=1S/C28H38N6O5/c1-4-12-34-27(37)22-18-23(30-26(22)33(28(34)38)14-8-17-39-3)21-10-11-24(29-19-21)32(20(2)35)16-15-31-13-7-5-6-9-25(31)36/h10-11,19H,4-9,12-18H2,1-3H3. The summed E-state index contributed by atoms with van der Waals surface area (Å²) < 4.78 is 8.02. The highest BCUT2D eigenvalue weighted by atomic mass is 16.5. The van der Waals surface area contributed by atoms with Crippen LogP contribution in [0.4, 0.5) is 11.6 Å². The molecular formula is C28H38N6O5. The molecule has 2 aliphatic rings. The SMILES string of the molecule is CCCn1c(=O)c2c(n(CCCOC)c1=O)N=C(c1ccc(N(CCN3CCCCCC3=O)C(C)=O)nc1)C2. The van der Waals surface area contributed by atoms with E-state index in [1.54, 1.807) is 28.8 Å². The van der Waals surface area contributed by atoms with Crippen molar-refractivity contribution in [1.29, 1.82) is 0 Å². The molecule has 2 amide bonds. The van der Waals surface area contributed by atoms with Gasteiger partial charge in [-0.2, -0.15) is 0 Å². The van der Waals surface area contributed by atoms with Crippen molar-refractivity contribution in [3.05, 3.63) is 50.3 Å². The Kier molecular flexibility index (Phi) is 9.45. The number of carbonyl (C=O) groups excluding carboxylic acids is 2. The van der Waals surface area contributed by atoms with Crippen LogP contribution in [-0.4, -0.2) is 69.9 Å². The lowest BCUT2D eigenvalue weighted by molar-refractivity contribution is -0.130. The summed E-state index contributed by atoms with van der Waals surface area (Å²) in [5, 5.41) is 0. The molecule has 0 radical (unpaired) electrons. The molecule has 0 bridgehead atoms. The van der Waals surface area contributed by atoms with Crippen LogP contribution in [0.2, 0.25) is 0 Å². The van der Waals surface area contributed by atoms with Crippen LogP contribution in [0, 0.1) is 0 Å². The fourth-order valence-electron chi connectivity index (χ4n) is 5.16. The second-order valence-electron chi connectivity index (χ2n) is 10.0. The van der Waals surface area contributed by atoms with Crippen LogP contribution in [0.5, 0.6) is 0 Å². The first-order chi connectivity index (χ1) is 18.8. The highest BCUT2D eigenvalue weighted by Crippen LogP contribution is 2.26. The molecule has 210 valence electrons. The van der Waals surface area contributed by atoms with Gasteiger partial charge in [0.2, 0.25) is 11.8 Å². The van der Waals surface area contributed by atoms with Gasteiger partial charge < -0.3 is 9.64 Å². The van der Waals surface area contributed by atoms with E-state index in [9.17, 15) is 19.2 Å². The van der Waals surface area contributed by atoms with Crippen molar-refractivity contribution in [2.24, 2.45) is 4.99 Å². The number of aliphatic imine (C=N–C) groups is 1. The number of amides is 2. The molecule has 39 heavy (non-hydrogen) atoms. The Labute approximate surface area is 228 Å². The smallest absolute Gasteiger partial charge is 0.332 e. The van der Waals surface area contributed by atoms with Gasteiger partial charge in [-0.15, -0.1) is 0 Å². The molecule has 11 nitrogen and oxygen atoms in total. The molecule has 4 heterocycles. The molecule has 0 saturated carbocycles. The zero-order chi connectivity index (χ0) is 27.9. The van der Waals surface area contributed by atoms with Crippen molar-refractivity contribution in [1.82, 2.24) is 19.0 Å². The third kappa shape index (κ3) is 6.35. The maximum Gasteiger partial charge on any atom is 0.332 e. The molecular weight excluding hydrogens is 500 g/mol.